The van der Waals surface area contributed by atoms with E-state index in [4.69, 9.17) is 0 Å². The number of pyridine rings is 1. The summed E-state index contributed by atoms with van der Waals surface area (Å²) in [5, 5.41) is 0. The molecule has 1 unspecified atom stereocenters. The van der Waals surface area contributed by atoms with Crippen LogP contribution in [-0.4, -0.2) is 9.97 Å². The van der Waals surface area contributed by atoms with Gasteiger partial charge in [-0.1, -0.05) is 15.9 Å². The van der Waals surface area contributed by atoms with Crippen LogP contribution in [0.25, 0.3) is 0 Å². The maximum absolute atomic E-state index is 4.06. The molecule has 2 aromatic heterocycles. The van der Waals surface area contributed by atoms with Gasteiger partial charge in [0.2, 0.25) is 0 Å². The lowest BCUT2D eigenvalue weighted by Gasteiger charge is -2.05. The summed E-state index contributed by atoms with van der Waals surface area (Å²) in [5.74, 6) is 0. The third kappa shape index (κ3) is 2.39. The van der Waals surface area contributed by atoms with Crippen molar-refractivity contribution in [3.8, 4) is 0 Å². The number of halogens is 1. The van der Waals surface area contributed by atoms with Crippen molar-refractivity contribution in [2.24, 2.45) is 0 Å². The maximum atomic E-state index is 4.06. The van der Waals surface area contributed by atoms with Crippen LogP contribution >= 0.6 is 27.3 Å². The van der Waals surface area contributed by atoms with Crippen molar-refractivity contribution >= 4 is 27.3 Å². The Balaban J connectivity index is 2.06. The van der Waals surface area contributed by atoms with Gasteiger partial charge in [-0.15, -0.1) is 11.3 Å². The van der Waals surface area contributed by atoms with Gasteiger partial charge in [-0.25, -0.2) is 0 Å². The van der Waals surface area contributed by atoms with Gasteiger partial charge in [0.05, 0.1) is 10.3 Å². The van der Waals surface area contributed by atoms with Crippen LogP contribution in [0.2, 0.25) is 0 Å². The molecule has 0 aliphatic carbocycles. The first-order valence-electron chi connectivity index (χ1n) is 4.27. The SMILES string of the molecule is BrC(Cc1ccncc1)c1cncs1. The fourth-order valence-corrected chi connectivity index (χ4v) is 2.62. The average molecular weight is 269 g/mol. The molecular formula is C10H9BrN2S. The van der Waals surface area contributed by atoms with Gasteiger partial charge in [-0.05, 0) is 24.1 Å². The van der Waals surface area contributed by atoms with Crippen LogP contribution in [0.1, 0.15) is 15.3 Å². The summed E-state index contributed by atoms with van der Waals surface area (Å²) in [4.78, 5) is 9.68. The van der Waals surface area contributed by atoms with E-state index in [1.165, 1.54) is 10.4 Å². The van der Waals surface area contributed by atoms with E-state index in [-0.39, 0.29) is 0 Å². The van der Waals surface area contributed by atoms with E-state index < -0.39 is 0 Å². The minimum Gasteiger partial charge on any atom is -0.265 e. The molecule has 14 heavy (non-hydrogen) atoms. The highest BCUT2D eigenvalue weighted by Crippen LogP contribution is 2.29. The molecule has 0 aromatic carbocycles. The van der Waals surface area contributed by atoms with E-state index in [0.29, 0.717) is 4.83 Å². The molecule has 1 atom stereocenters. The standard InChI is InChI=1S/C10H9BrN2S/c11-9(10-6-13-7-14-10)5-8-1-3-12-4-2-8/h1-4,6-7,9H,5H2. The predicted octanol–water partition coefficient (Wildman–Crippen LogP) is 3.22. The zero-order chi connectivity index (χ0) is 9.80. The van der Waals surface area contributed by atoms with Gasteiger partial charge in [0.15, 0.2) is 0 Å². The van der Waals surface area contributed by atoms with Crippen molar-refractivity contribution in [3.63, 3.8) is 0 Å². The molecule has 0 saturated carbocycles. The number of thiazole rings is 1. The molecule has 72 valence electrons. The van der Waals surface area contributed by atoms with E-state index in [1.54, 1.807) is 11.3 Å². The fourth-order valence-electron chi connectivity index (χ4n) is 1.21. The second-order valence-corrected chi connectivity index (χ2v) is 4.95. The van der Waals surface area contributed by atoms with Crippen molar-refractivity contribution in [3.05, 3.63) is 46.7 Å². The van der Waals surface area contributed by atoms with Gasteiger partial charge in [0, 0.05) is 23.5 Å². The van der Waals surface area contributed by atoms with Gasteiger partial charge >= 0.3 is 0 Å². The van der Waals surface area contributed by atoms with E-state index in [0.717, 1.165) is 6.42 Å². The lowest BCUT2D eigenvalue weighted by Crippen LogP contribution is -1.92. The monoisotopic (exact) mass is 268 g/mol. The van der Waals surface area contributed by atoms with Crippen LogP contribution in [0.3, 0.4) is 0 Å². The maximum Gasteiger partial charge on any atom is 0.0794 e. The Morgan fingerprint density at radius 1 is 1.29 bits per heavy atom. The Morgan fingerprint density at radius 2 is 2.07 bits per heavy atom. The quantitative estimate of drug-likeness (QED) is 0.799. The molecule has 0 aliphatic rings. The van der Waals surface area contributed by atoms with Gasteiger partial charge in [-0.3, -0.25) is 9.97 Å². The second kappa shape index (κ2) is 4.66. The van der Waals surface area contributed by atoms with Crippen molar-refractivity contribution in [1.82, 2.24) is 9.97 Å². The van der Waals surface area contributed by atoms with E-state index in [9.17, 15) is 0 Å². The highest BCUT2D eigenvalue weighted by molar-refractivity contribution is 9.09. The number of hydrogen-bond acceptors (Lipinski definition) is 3. The average Bonchev–Trinajstić information content (AvgIpc) is 2.72. The fraction of sp³-hybridized carbons (Fsp3) is 0.200. The number of rotatable bonds is 3. The van der Waals surface area contributed by atoms with Crippen LogP contribution in [0.4, 0.5) is 0 Å². The molecule has 0 N–H and O–H groups in total. The molecule has 0 amide bonds. The van der Waals surface area contributed by atoms with Crippen LogP contribution in [0.15, 0.2) is 36.2 Å². The molecule has 2 heterocycles. The van der Waals surface area contributed by atoms with Crippen LogP contribution in [0, 0.1) is 0 Å². The van der Waals surface area contributed by atoms with Crippen molar-refractivity contribution in [1.29, 1.82) is 0 Å². The highest BCUT2D eigenvalue weighted by atomic mass is 79.9. The third-order valence-corrected chi connectivity index (χ3v) is 3.93. The first kappa shape index (κ1) is 9.80. The summed E-state index contributed by atoms with van der Waals surface area (Å²) in [6.07, 6.45) is 6.53. The molecule has 4 heteroatoms. The lowest BCUT2D eigenvalue weighted by atomic mass is 10.1. The molecular weight excluding hydrogens is 260 g/mol. The Hall–Kier alpha value is -0.740. The van der Waals surface area contributed by atoms with Gasteiger partial charge in [-0.2, -0.15) is 0 Å². The van der Waals surface area contributed by atoms with E-state index in [2.05, 4.69) is 25.9 Å². The number of aromatic nitrogens is 2. The van der Waals surface area contributed by atoms with Crippen LogP contribution in [-0.2, 0) is 6.42 Å². The molecule has 0 aliphatic heterocycles. The zero-order valence-corrected chi connectivity index (χ0v) is 9.83. The molecule has 2 nitrogen and oxygen atoms in total. The van der Waals surface area contributed by atoms with Crippen LogP contribution < -0.4 is 0 Å². The normalized spacial score (nSPS) is 12.6. The van der Waals surface area contributed by atoms with E-state index in [1.807, 2.05) is 36.2 Å². The largest absolute Gasteiger partial charge is 0.265 e. The van der Waals surface area contributed by atoms with Gasteiger partial charge < -0.3 is 0 Å². The summed E-state index contributed by atoms with van der Waals surface area (Å²) >= 11 is 5.33. The molecule has 0 bridgehead atoms. The molecule has 0 spiro atoms. The number of hydrogen-bond donors (Lipinski definition) is 0. The van der Waals surface area contributed by atoms with Crippen LogP contribution in [0.5, 0.6) is 0 Å². The Morgan fingerprint density at radius 3 is 2.71 bits per heavy atom. The van der Waals surface area contributed by atoms with Crippen molar-refractivity contribution in [2.45, 2.75) is 11.2 Å². The predicted molar refractivity (Wildman–Crippen MR) is 61.7 cm³/mol. The van der Waals surface area contributed by atoms with Crippen molar-refractivity contribution < 1.29 is 0 Å². The topological polar surface area (TPSA) is 25.8 Å². The zero-order valence-electron chi connectivity index (χ0n) is 7.43. The molecule has 0 saturated heterocycles. The molecule has 0 fully saturated rings. The Labute approximate surface area is 95.2 Å². The summed E-state index contributed by atoms with van der Waals surface area (Å²) in [6.45, 7) is 0. The van der Waals surface area contributed by atoms with E-state index >= 15 is 0 Å². The van der Waals surface area contributed by atoms with Gasteiger partial charge in [0.25, 0.3) is 0 Å². The minimum absolute atomic E-state index is 0.359. The van der Waals surface area contributed by atoms with Gasteiger partial charge in [0.1, 0.15) is 0 Å². The minimum atomic E-state index is 0.359. The lowest BCUT2D eigenvalue weighted by molar-refractivity contribution is 0.960. The highest BCUT2D eigenvalue weighted by Gasteiger charge is 2.09. The summed E-state index contributed by atoms with van der Waals surface area (Å²) in [6, 6.07) is 4.07. The number of alkyl halides is 1. The smallest absolute Gasteiger partial charge is 0.0794 e. The summed E-state index contributed by atoms with van der Waals surface area (Å²) in [5.41, 5.74) is 3.14. The van der Waals surface area contributed by atoms with Crippen molar-refractivity contribution in [2.75, 3.05) is 0 Å². The molecule has 0 radical (unpaired) electrons. The molecule has 2 rings (SSSR count). The molecule has 2 aromatic rings. The Bertz CT molecular complexity index is 374. The summed E-state index contributed by atoms with van der Waals surface area (Å²) < 4.78 is 0. The number of nitrogens with zero attached hydrogens (tertiary/aromatic N) is 2. The first-order valence-corrected chi connectivity index (χ1v) is 6.07. The second-order valence-electron chi connectivity index (χ2n) is 2.93. The first-order chi connectivity index (χ1) is 6.86. The third-order valence-electron chi connectivity index (χ3n) is 1.92. The summed E-state index contributed by atoms with van der Waals surface area (Å²) in [7, 11) is 0. The Kier molecular flexibility index (Phi) is 3.26.